The fraction of sp³-hybridized carbons (Fsp3) is 0.647. The normalized spacial score (nSPS) is 24.6. The summed E-state index contributed by atoms with van der Waals surface area (Å²) in [6.45, 7) is 9.66. The zero-order valence-corrected chi connectivity index (χ0v) is 13.1. The molecule has 0 aromatic heterocycles. The van der Waals surface area contributed by atoms with Crippen LogP contribution >= 0.6 is 0 Å². The molecule has 2 rings (SSSR count). The summed E-state index contributed by atoms with van der Waals surface area (Å²) in [6, 6.07) is 3.58. The van der Waals surface area contributed by atoms with Crippen LogP contribution in [0.25, 0.3) is 0 Å². The van der Waals surface area contributed by atoms with Crippen LogP contribution in [0.4, 0.5) is 4.39 Å². The topological polar surface area (TPSA) is 21.3 Å². The van der Waals surface area contributed by atoms with Gasteiger partial charge in [0.1, 0.15) is 5.82 Å². The van der Waals surface area contributed by atoms with Crippen molar-refractivity contribution in [3.63, 3.8) is 0 Å². The molecule has 112 valence electrons. The number of aryl methyl sites for hydroxylation is 2. The SMILES string of the molecule is CCNC(c1c(C)cc(C)cc1F)C1(C)CCCCO1. The Morgan fingerprint density at radius 3 is 2.65 bits per heavy atom. The molecule has 0 radical (unpaired) electrons. The van der Waals surface area contributed by atoms with Crippen LogP contribution in [-0.4, -0.2) is 18.8 Å². The molecular weight excluding hydrogens is 253 g/mol. The van der Waals surface area contributed by atoms with Crippen LogP contribution in [0.5, 0.6) is 0 Å². The summed E-state index contributed by atoms with van der Waals surface area (Å²) in [5.74, 6) is -0.121. The van der Waals surface area contributed by atoms with Crippen molar-refractivity contribution >= 4 is 0 Å². The number of hydrogen-bond acceptors (Lipinski definition) is 2. The number of likely N-dealkylation sites (N-methyl/N-ethyl adjacent to an activating group) is 1. The Labute approximate surface area is 121 Å². The van der Waals surface area contributed by atoms with Gasteiger partial charge >= 0.3 is 0 Å². The standard InChI is InChI=1S/C17H26FNO/c1-5-19-16(17(4)8-6-7-9-20-17)15-13(3)10-12(2)11-14(15)18/h10-11,16,19H,5-9H2,1-4H3. The fourth-order valence-corrected chi connectivity index (χ4v) is 3.30. The van der Waals surface area contributed by atoms with Crippen LogP contribution < -0.4 is 5.32 Å². The molecule has 1 N–H and O–H groups in total. The van der Waals surface area contributed by atoms with Crippen molar-refractivity contribution in [1.82, 2.24) is 5.32 Å². The minimum atomic E-state index is -0.324. The van der Waals surface area contributed by atoms with E-state index < -0.39 is 0 Å². The Bertz CT molecular complexity index is 443. The van der Waals surface area contributed by atoms with Gasteiger partial charge in [-0.05, 0) is 63.8 Å². The van der Waals surface area contributed by atoms with Crippen molar-refractivity contribution in [1.29, 1.82) is 0 Å². The van der Waals surface area contributed by atoms with Gasteiger partial charge in [-0.25, -0.2) is 4.39 Å². The molecule has 0 aliphatic carbocycles. The number of halogens is 1. The van der Waals surface area contributed by atoms with Crippen molar-refractivity contribution in [3.05, 3.63) is 34.6 Å². The zero-order chi connectivity index (χ0) is 14.8. The first-order valence-corrected chi connectivity index (χ1v) is 7.62. The summed E-state index contributed by atoms with van der Waals surface area (Å²) in [4.78, 5) is 0. The van der Waals surface area contributed by atoms with E-state index in [2.05, 4.69) is 25.2 Å². The van der Waals surface area contributed by atoms with Crippen molar-refractivity contribution in [2.45, 2.75) is 58.6 Å². The highest BCUT2D eigenvalue weighted by molar-refractivity contribution is 5.36. The van der Waals surface area contributed by atoms with E-state index in [-0.39, 0.29) is 17.5 Å². The summed E-state index contributed by atoms with van der Waals surface area (Å²) in [7, 11) is 0. The Balaban J connectivity index is 2.43. The average Bonchev–Trinajstić information content (AvgIpc) is 2.37. The summed E-state index contributed by atoms with van der Waals surface area (Å²) >= 11 is 0. The van der Waals surface area contributed by atoms with Crippen LogP contribution in [0, 0.1) is 19.7 Å². The second-order valence-electron chi connectivity index (χ2n) is 6.09. The summed E-state index contributed by atoms with van der Waals surface area (Å²) < 4.78 is 20.6. The minimum Gasteiger partial charge on any atom is -0.373 e. The maximum Gasteiger partial charge on any atom is 0.128 e. The first kappa shape index (κ1) is 15.5. The van der Waals surface area contributed by atoms with Gasteiger partial charge in [-0.15, -0.1) is 0 Å². The lowest BCUT2D eigenvalue weighted by molar-refractivity contribution is -0.0902. The van der Waals surface area contributed by atoms with Crippen LogP contribution in [-0.2, 0) is 4.74 Å². The Hall–Kier alpha value is -0.930. The van der Waals surface area contributed by atoms with E-state index in [0.29, 0.717) is 0 Å². The fourth-order valence-electron chi connectivity index (χ4n) is 3.30. The molecule has 1 aromatic rings. The smallest absolute Gasteiger partial charge is 0.128 e. The van der Waals surface area contributed by atoms with E-state index >= 15 is 0 Å². The van der Waals surface area contributed by atoms with Gasteiger partial charge in [0.2, 0.25) is 0 Å². The van der Waals surface area contributed by atoms with Gasteiger partial charge in [-0.3, -0.25) is 0 Å². The van der Waals surface area contributed by atoms with Crippen LogP contribution in [0.3, 0.4) is 0 Å². The second kappa shape index (κ2) is 6.23. The van der Waals surface area contributed by atoms with Gasteiger partial charge < -0.3 is 10.1 Å². The summed E-state index contributed by atoms with van der Waals surface area (Å²) in [5, 5.41) is 3.45. The van der Waals surface area contributed by atoms with Crippen molar-refractivity contribution < 1.29 is 9.13 Å². The van der Waals surface area contributed by atoms with E-state index in [9.17, 15) is 4.39 Å². The maximum absolute atomic E-state index is 14.5. The first-order valence-electron chi connectivity index (χ1n) is 7.62. The molecule has 2 atom stereocenters. The Kier molecular flexibility index (Phi) is 4.82. The Morgan fingerprint density at radius 2 is 2.10 bits per heavy atom. The molecule has 1 saturated heterocycles. The molecule has 0 saturated carbocycles. The molecule has 3 heteroatoms. The summed E-state index contributed by atoms with van der Waals surface area (Å²) in [5.41, 5.74) is 2.41. The Morgan fingerprint density at radius 1 is 1.35 bits per heavy atom. The molecular formula is C17H26FNO. The quantitative estimate of drug-likeness (QED) is 0.897. The third kappa shape index (κ3) is 3.04. The molecule has 1 fully saturated rings. The number of nitrogens with one attached hydrogen (secondary N) is 1. The van der Waals surface area contributed by atoms with Gasteiger partial charge in [-0.2, -0.15) is 0 Å². The van der Waals surface area contributed by atoms with Crippen LogP contribution in [0.15, 0.2) is 12.1 Å². The highest BCUT2D eigenvalue weighted by Gasteiger charge is 2.39. The van der Waals surface area contributed by atoms with E-state index in [1.807, 2.05) is 13.8 Å². The molecule has 1 aromatic carbocycles. The zero-order valence-electron chi connectivity index (χ0n) is 13.1. The van der Waals surface area contributed by atoms with E-state index in [1.54, 1.807) is 6.07 Å². The highest BCUT2D eigenvalue weighted by atomic mass is 19.1. The van der Waals surface area contributed by atoms with E-state index in [0.717, 1.165) is 49.1 Å². The number of benzene rings is 1. The maximum atomic E-state index is 14.5. The van der Waals surface area contributed by atoms with Crippen LogP contribution in [0.1, 0.15) is 55.8 Å². The predicted molar refractivity (Wildman–Crippen MR) is 80.5 cm³/mol. The monoisotopic (exact) mass is 279 g/mol. The number of hydrogen-bond donors (Lipinski definition) is 1. The first-order chi connectivity index (χ1) is 9.48. The molecule has 0 bridgehead atoms. The average molecular weight is 279 g/mol. The summed E-state index contributed by atoms with van der Waals surface area (Å²) in [6.07, 6.45) is 3.21. The number of rotatable bonds is 4. The molecule has 1 aliphatic rings. The predicted octanol–water partition coefficient (Wildman–Crippen LogP) is 4.05. The lowest BCUT2D eigenvalue weighted by Crippen LogP contribution is -2.46. The van der Waals surface area contributed by atoms with E-state index in [1.165, 1.54) is 0 Å². The molecule has 1 aliphatic heterocycles. The van der Waals surface area contributed by atoms with E-state index in [4.69, 9.17) is 4.74 Å². The largest absolute Gasteiger partial charge is 0.373 e. The molecule has 0 amide bonds. The van der Waals surface area contributed by atoms with Gasteiger partial charge in [0.05, 0.1) is 11.6 Å². The third-order valence-corrected chi connectivity index (χ3v) is 4.29. The molecule has 1 heterocycles. The highest BCUT2D eigenvalue weighted by Crippen LogP contribution is 2.39. The number of ether oxygens (including phenoxy) is 1. The van der Waals surface area contributed by atoms with Gasteiger partial charge in [-0.1, -0.05) is 13.0 Å². The molecule has 20 heavy (non-hydrogen) atoms. The third-order valence-electron chi connectivity index (χ3n) is 4.29. The minimum absolute atomic E-state index is 0.0894. The molecule has 2 unspecified atom stereocenters. The van der Waals surface area contributed by atoms with Gasteiger partial charge in [0.25, 0.3) is 0 Å². The second-order valence-corrected chi connectivity index (χ2v) is 6.09. The van der Waals surface area contributed by atoms with Crippen molar-refractivity contribution in [3.8, 4) is 0 Å². The lowest BCUT2D eigenvalue weighted by Gasteiger charge is -2.42. The van der Waals surface area contributed by atoms with Crippen LogP contribution in [0.2, 0.25) is 0 Å². The van der Waals surface area contributed by atoms with Crippen molar-refractivity contribution in [2.24, 2.45) is 0 Å². The lowest BCUT2D eigenvalue weighted by atomic mass is 9.82. The molecule has 2 nitrogen and oxygen atoms in total. The van der Waals surface area contributed by atoms with Gasteiger partial charge in [0.15, 0.2) is 0 Å². The molecule has 0 spiro atoms. The van der Waals surface area contributed by atoms with Gasteiger partial charge in [0, 0.05) is 12.2 Å². The van der Waals surface area contributed by atoms with Crippen molar-refractivity contribution in [2.75, 3.05) is 13.2 Å².